The van der Waals surface area contributed by atoms with Crippen LogP contribution in [0.1, 0.15) is 0 Å². The van der Waals surface area contributed by atoms with E-state index in [2.05, 4.69) is 0 Å². The molecule has 0 spiro atoms. The van der Waals surface area contributed by atoms with Crippen LogP contribution in [-0.2, 0) is 0 Å². The molecule has 0 aromatic carbocycles. The van der Waals surface area contributed by atoms with Gasteiger partial charge in [-0.3, -0.25) is 0 Å². The lowest BCUT2D eigenvalue weighted by atomic mass is 13.1. The smallest absolute Gasteiger partial charge is 0.291 e. The Morgan fingerprint density at radius 3 is 0.650 bits per heavy atom. The summed E-state index contributed by atoms with van der Waals surface area (Å²) in [6.45, 7) is 0. The second kappa shape index (κ2) is 36.2. The van der Waals surface area contributed by atoms with Gasteiger partial charge in [0.1, 0.15) is 0 Å². The van der Waals surface area contributed by atoms with Crippen molar-refractivity contribution in [3.8, 4) is 0 Å². The first-order valence-corrected chi connectivity index (χ1v) is 2.64. The summed E-state index contributed by atoms with van der Waals surface area (Å²) in [6.07, 6.45) is 0. The molecule has 122 valence electrons. The molecule has 0 amide bonds. The summed E-state index contributed by atoms with van der Waals surface area (Å²) in [5.41, 5.74) is 0. The molecule has 0 aliphatic carbocycles. The molecular formula is H8N6O14. The van der Waals surface area contributed by atoms with Crippen LogP contribution in [-0.4, -0.2) is 46.4 Å². The van der Waals surface area contributed by atoms with Crippen LogP contribution in [0.5, 0.6) is 0 Å². The number of nitrogens with zero attached hydrogens (tertiary/aromatic N) is 5. The molecule has 0 aromatic rings. The Balaban J connectivity index is -0.0000000304. The average molecular weight is 316 g/mol. The third-order valence-corrected chi connectivity index (χ3v) is 0. The first-order chi connectivity index (χ1) is 8.34. The van der Waals surface area contributed by atoms with Gasteiger partial charge < -0.3 is 32.2 Å². The maximum Gasteiger partial charge on any atom is 0.291 e. The SMILES string of the molecule is N.O=NO.O=[N+]([O-])O.O=[N+]([O-])O.O=[N+]([O-])O.O=[N+]([O-])O. The summed E-state index contributed by atoms with van der Waals surface area (Å²) in [4.78, 5) is 41.6. The van der Waals surface area contributed by atoms with Crippen molar-refractivity contribution in [2.45, 2.75) is 0 Å². The molecule has 0 bridgehead atoms. The predicted molar refractivity (Wildman–Crippen MR) is 47.7 cm³/mol. The van der Waals surface area contributed by atoms with Crippen LogP contribution in [0.4, 0.5) is 0 Å². The van der Waals surface area contributed by atoms with Crippen LogP contribution >= 0.6 is 0 Å². The molecule has 0 aromatic heterocycles. The molecule has 20 heteroatoms. The maximum absolute atomic E-state index is 8.36. The van der Waals surface area contributed by atoms with E-state index in [1.165, 1.54) is 5.34 Å². The van der Waals surface area contributed by atoms with Gasteiger partial charge in [0, 0.05) is 0 Å². The molecule has 0 rings (SSSR count). The van der Waals surface area contributed by atoms with Crippen molar-refractivity contribution in [3.05, 3.63) is 45.4 Å². The average Bonchev–Trinajstić information content (AvgIpc) is 1.97. The van der Waals surface area contributed by atoms with Gasteiger partial charge in [0.2, 0.25) is 0 Å². The van der Waals surface area contributed by atoms with Gasteiger partial charge in [0.05, 0.1) is 0 Å². The lowest BCUT2D eigenvalue weighted by Gasteiger charge is -1.56. The minimum Gasteiger partial charge on any atom is -0.379 e. The van der Waals surface area contributed by atoms with Gasteiger partial charge in [-0.05, 0) is 0 Å². The van der Waals surface area contributed by atoms with E-state index in [0.717, 1.165) is 0 Å². The van der Waals surface area contributed by atoms with Crippen molar-refractivity contribution in [1.29, 1.82) is 0 Å². The van der Waals surface area contributed by atoms with Crippen LogP contribution < -0.4 is 6.15 Å². The second-order valence-electron chi connectivity index (χ2n) is 1.03. The van der Waals surface area contributed by atoms with E-state index in [1.807, 2.05) is 0 Å². The summed E-state index contributed by atoms with van der Waals surface area (Å²) < 4.78 is 0. The first-order valence-electron chi connectivity index (χ1n) is 2.64. The summed E-state index contributed by atoms with van der Waals surface area (Å²) in [5.74, 6) is 0. The van der Waals surface area contributed by atoms with E-state index < -0.39 is 20.3 Å². The van der Waals surface area contributed by atoms with Gasteiger partial charge in [-0.1, -0.05) is 0 Å². The topological polar surface area (TPSA) is 338 Å². The molecular weight excluding hydrogens is 308 g/mol. The zero-order chi connectivity index (χ0) is 17.0. The van der Waals surface area contributed by atoms with Gasteiger partial charge in [-0.2, -0.15) is 0 Å². The van der Waals surface area contributed by atoms with E-state index in [1.54, 1.807) is 0 Å². The van der Waals surface area contributed by atoms with Gasteiger partial charge in [0.15, 0.2) is 5.34 Å². The lowest BCUT2D eigenvalue weighted by Crippen LogP contribution is -1.81. The molecule has 0 unspecified atom stereocenters. The van der Waals surface area contributed by atoms with E-state index >= 15 is 0 Å². The Kier molecular flexibility index (Phi) is 65.2. The van der Waals surface area contributed by atoms with Crippen molar-refractivity contribution in [2.24, 2.45) is 5.34 Å². The van der Waals surface area contributed by atoms with E-state index in [4.69, 9.17) is 71.4 Å². The molecule has 0 saturated heterocycles. The second-order valence-corrected chi connectivity index (χ2v) is 1.03. The van der Waals surface area contributed by atoms with E-state index in [0.29, 0.717) is 0 Å². The maximum atomic E-state index is 8.36. The normalized spacial score (nSPS) is 5.40. The molecule has 0 fully saturated rings. The van der Waals surface area contributed by atoms with Gasteiger partial charge >= 0.3 is 0 Å². The molecule has 0 atom stereocenters. The van der Waals surface area contributed by atoms with Crippen LogP contribution in [0.2, 0.25) is 0 Å². The van der Waals surface area contributed by atoms with Gasteiger partial charge in [-0.15, -0.1) is 45.4 Å². The van der Waals surface area contributed by atoms with Crippen molar-refractivity contribution in [2.75, 3.05) is 0 Å². The zero-order valence-electron chi connectivity index (χ0n) is 8.85. The number of hydrogen-bond acceptors (Lipinski definition) is 11. The fraction of sp³-hybridized carbons (Fsp3) is 0. The summed E-state index contributed by atoms with van der Waals surface area (Å²) in [7, 11) is 0. The Hall–Kier alpha value is -3.84. The molecule has 20 heavy (non-hydrogen) atoms. The molecule has 20 nitrogen and oxygen atoms in total. The minimum absolute atomic E-state index is 0. The Bertz CT molecular complexity index is 192. The Morgan fingerprint density at radius 1 is 0.650 bits per heavy atom. The van der Waals surface area contributed by atoms with E-state index in [-0.39, 0.29) is 6.15 Å². The zero-order valence-corrected chi connectivity index (χ0v) is 8.85. The quantitative estimate of drug-likeness (QED) is 0.175. The van der Waals surface area contributed by atoms with E-state index in [9.17, 15) is 0 Å². The van der Waals surface area contributed by atoms with Crippen molar-refractivity contribution in [1.82, 2.24) is 6.15 Å². The standard InChI is InChI=1S/4HNO3.HNO2.H3N/c4*2-1(3)4;2-1-3;/h4*(H,2,3,4);(H,2,3);1H3. The molecule has 0 radical (unpaired) electrons. The van der Waals surface area contributed by atoms with Crippen molar-refractivity contribution >= 4 is 0 Å². The van der Waals surface area contributed by atoms with Crippen LogP contribution in [0.3, 0.4) is 0 Å². The molecule has 0 aliphatic rings. The monoisotopic (exact) mass is 316 g/mol. The summed E-state index contributed by atoms with van der Waals surface area (Å²) >= 11 is 0. The number of rotatable bonds is 0. The van der Waals surface area contributed by atoms with Gasteiger partial charge in [0.25, 0.3) is 20.3 Å². The number of hydrogen-bond donors (Lipinski definition) is 6. The molecule has 8 N–H and O–H groups in total. The predicted octanol–water partition coefficient (Wildman–Crippen LogP) is -1.09. The molecule has 0 saturated carbocycles. The van der Waals surface area contributed by atoms with Crippen molar-refractivity contribution < 1.29 is 46.4 Å². The highest BCUT2D eigenvalue weighted by Gasteiger charge is 1.66. The fourth-order valence-electron chi connectivity index (χ4n) is 0. The fourth-order valence-corrected chi connectivity index (χ4v) is 0. The molecule has 0 aliphatic heterocycles. The van der Waals surface area contributed by atoms with Crippen molar-refractivity contribution in [3.63, 3.8) is 0 Å². The highest BCUT2D eigenvalue weighted by Crippen LogP contribution is 1.39. The lowest BCUT2D eigenvalue weighted by molar-refractivity contribution is -0.742. The summed E-state index contributed by atoms with van der Waals surface area (Å²) in [6, 6.07) is 0. The van der Waals surface area contributed by atoms with Crippen LogP contribution in [0.15, 0.2) is 5.34 Å². The summed E-state index contributed by atoms with van der Waals surface area (Å²) in [5, 5.41) is 62.4. The van der Waals surface area contributed by atoms with Crippen LogP contribution in [0, 0.1) is 45.4 Å². The van der Waals surface area contributed by atoms with Crippen LogP contribution in [0.25, 0.3) is 0 Å². The van der Waals surface area contributed by atoms with Gasteiger partial charge in [-0.25, -0.2) is 0 Å². The highest BCUT2D eigenvalue weighted by atomic mass is 16.9. The Labute approximate surface area is 105 Å². The Morgan fingerprint density at radius 2 is 0.650 bits per heavy atom. The third-order valence-electron chi connectivity index (χ3n) is 0. The minimum atomic E-state index is -1.50. The highest BCUT2D eigenvalue weighted by molar-refractivity contribution is 3.84. The third kappa shape index (κ3) is 166. The largest absolute Gasteiger partial charge is 0.379 e. The molecule has 0 heterocycles. The first kappa shape index (κ1) is 36.0.